The SMILES string of the molecule is CCP12(CC)[O][Sb]([O]1)[O]2. The van der Waals surface area contributed by atoms with Gasteiger partial charge in [-0.25, -0.2) is 0 Å². The molecule has 0 amide bonds. The summed E-state index contributed by atoms with van der Waals surface area (Å²) in [5.74, 6) is 0. The van der Waals surface area contributed by atoms with Crippen molar-refractivity contribution in [3.63, 3.8) is 0 Å². The van der Waals surface area contributed by atoms with Gasteiger partial charge in [-0.1, -0.05) is 0 Å². The van der Waals surface area contributed by atoms with Gasteiger partial charge in [0, 0.05) is 0 Å². The summed E-state index contributed by atoms with van der Waals surface area (Å²) in [5, 5.41) is 0. The molecule has 0 radical (unpaired) electrons. The maximum absolute atomic E-state index is 5.57. The second kappa shape index (κ2) is 1.65. The van der Waals surface area contributed by atoms with E-state index >= 15 is 0 Å². The molecule has 2 bridgehead atoms. The molecule has 0 unspecified atom stereocenters. The Morgan fingerprint density at radius 3 is 1.56 bits per heavy atom. The summed E-state index contributed by atoms with van der Waals surface area (Å²) in [6, 6.07) is 0. The van der Waals surface area contributed by atoms with Gasteiger partial charge < -0.3 is 0 Å². The third-order valence-electron chi connectivity index (χ3n) is 1.97. The molecule has 0 aromatic rings. The molecule has 0 aromatic heterocycles. The minimum atomic E-state index is -2.22. The third kappa shape index (κ3) is 0.630. The van der Waals surface area contributed by atoms with Crippen LogP contribution < -0.4 is 0 Å². The van der Waals surface area contributed by atoms with E-state index in [4.69, 9.17) is 8.41 Å². The summed E-state index contributed by atoms with van der Waals surface area (Å²) in [6.07, 6.45) is 1.89. The van der Waals surface area contributed by atoms with Crippen LogP contribution in [0.5, 0.6) is 0 Å². The molecule has 3 fully saturated rings. The van der Waals surface area contributed by atoms with Gasteiger partial charge in [0.1, 0.15) is 0 Å². The van der Waals surface area contributed by atoms with E-state index in [1.54, 1.807) is 0 Å². The Balaban J connectivity index is 2.18. The first kappa shape index (κ1) is 6.81. The summed E-state index contributed by atoms with van der Waals surface area (Å²) in [6.45, 7) is 4.16. The second-order valence-electron chi connectivity index (χ2n) is 2.32. The molecule has 0 aliphatic carbocycles. The molecule has 3 nitrogen and oxygen atoms in total. The standard InChI is InChI=1S/C4H10O3P.Sb/c1-3-8(5,6,7)4-2;/h3-4H2,1-2H3;/q-3;+3. The number of rotatable bonds is 2. The Kier molecular flexibility index (Phi) is 1.25. The van der Waals surface area contributed by atoms with Gasteiger partial charge in [-0.3, -0.25) is 0 Å². The van der Waals surface area contributed by atoms with Crippen LogP contribution in [-0.4, -0.2) is 33.8 Å². The van der Waals surface area contributed by atoms with Crippen molar-refractivity contribution in [2.75, 3.05) is 12.3 Å². The van der Waals surface area contributed by atoms with Crippen molar-refractivity contribution < 1.29 is 8.41 Å². The molecule has 0 N–H and O–H groups in total. The fourth-order valence-corrected chi connectivity index (χ4v) is 17.0. The molecule has 0 saturated carbocycles. The normalized spacial score (nSPS) is 39.6. The van der Waals surface area contributed by atoms with E-state index in [2.05, 4.69) is 13.8 Å². The van der Waals surface area contributed by atoms with Crippen LogP contribution in [0, 0.1) is 0 Å². The van der Waals surface area contributed by atoms with Crippen LogP contribution in [0.1, 0.15) is 13.8 Å². The molecule has 54 valence electrons. The fraction of sp³-hybridized carbons (Fsp3) is 1.00. The summed E-state index contributed by atoms with van der Waals surface area (Å²) in [7, 11) is -2.22. The average Bonchev–Trinajstić information content (AvgIpc) is 1.63. The molecule has 3 rings (SSSR count). The van der Waals surface area contributed by atoms with Crippen LogP contribution in [0.15, 0.2) is 0 Å². The van der Waals surface area contributed by atoms with Crippen molar-refractivity contribution in [1.29, 1.82) is 0 Å². The zero-order valence-corrected chi connectivity index (χ0v) is 8.98. The van der Waals surface area contributed by atoms with Gasteiger partial charge in [-0.15, -0.1) is 0 Å². The molecular formula is C4H10O3PSb. The van der Waals surface area contributed by atoms with E-state index in [1.165, 1.54) is 0 Å². The van der Waals surface area contributed by atoms with Crippen LogP contribution >= 0.6 is 7.28 Å². The van der Waals surface area contributed by atoms with Crippen LogP contribution in [0.4, 0.5) is 0 Å². The molecule has 0 spiro atoms. The van der Waals surface area contributed by atoms with Gasteiger partial charge >= 0.3 is 63.3 Å². The van der Waals surface area contributed by atoms with Crippen LogP contribution in [0.25, 0.3) is 0 Å². The quantitative estimate of drug-likeness (QED) is 0.554. The Morgan fingerprint density at radius 2 is 1.56 bits per heavy atom. The summed E-state index contributed by atoms with van der Waals surface area (Å²) < 4.78 is 16.7. The third-order valence-corrected chi connectivity index (χ3v) is 18.7. The first-order valence-corrected chi connectivity index (χ1v) is 8.63. The van der Waals surface area contributed by atoms with Gasteiger partial charge in [-0.05, 0) is 0 Å². The molecule has 3 saturated heterocycles. The topological polar surface area (TPSA) is 27.7 Å². The van der Waals surface area contributed by atoms with E-state index in [0.717, 1.165) is 12.3 Å². The minimum absolute atomic E-state index is 0.947. The van der Waals surface area contributed by atoms with E-state index < -0.39 is 28.8 Å². The molecule has 0 atom stereocenters. The van der Waals surface area contributed by atoms with Crippen molar-refractivity contribution >= 4 is 28.8 Å². The van der Waals surface area contributed by atoms with Gasteiger partial charge in [0.2, 0.25) is 0 Å². The first-order chi connectivity index (χ1) is 4.22. The van der Waals surface area contributed by atoms with Gasteiger partial charge in [0.15, 0.2) is 0 Å². The van der Waals surface area contributed by atoms with Crippen LogP contribution in [-0.2, 0) is 8.41 Å². The molecule has 3 aliphatic rings. The van der Waals surface area contributed by atoms with Crippen LogP contribution in [0.2, 0.25) is 0 Å². The van der Waals surface area contributed by atoms with Crippen LogP contribution in [0.3, 0.4) is 0 Å². The predicted molar refractivity (Wildman–Crippen MR) is 37.0 cm³/mol. The molecule has 0 aromatic carbocycles. The van der Waals surface area contributed by atoms with E-state index in [9.17, 15) is 0 Å². The Morgan fingerprint density at radius 1 is 1.11 bits per heavy atom. The Hall–Kier alpha value is 1.13. The number of hydrogen-bond donors (Lipinski definition) is 0. The van der Waals surface area contributed by atoms with Crippen molar-refractivity contribution in [1.82, 2.24) is 0 Å². The first-order valence-electron chi connectivity index (χ1n) is 3.14. The van der Waals surface area contributed by atoms with Crippen molar-refractivity contribution in [2.24, 2.45) is 0 Å². The second-order valence-corrected chi connectivity index (χ2v) is 12.0. The fourth-order valence-electron chi connectivity index (χ4n) is 1.03. The van der Waals surface area contributed by atoms with Gasteiger partial charge in [0.25, 0.3) is 0 Å². The van der Waals surface area contributed by atoms with Crippen molar-refractivity contribution in [2.45, 2.75) is 13.8 Å². The van der Waals surface area contributed by atoms with Crippen molar-refractivity contribution in [3.8, 4) is 0 Å². The van der Waals surface area contributed by atoms with E-state index in [-0.39, 0.29) is 0 Å². The molecule has 3 heterocycles. The van der Waals surface area contributed by atoms with E-state index in [0.29, 0.717) is 0 Å². The van der Waals surface area contributed by atoms with Crippen molar-refractivity contribution in [3.05, 3.63) is 0 Å². The monoisotopic (exact) mass is 258 g/mol. The average molecular weight is 259 g/mol. The maximum atomic E-state index is 5.57. The molecular weight excluding hydrogens is 249 g/mol. The Bertz CT molecular complexity index is 121. The predicted octanol–water partition coefficient (Wildman–Crippen LogP) is 1.39. The molecule has 9 heavy (non-hydrogen) atoms. The Labute approximate surface area is 63.5 Å². The van der Waals surface area contributed by atoms with E-state index in [1.807, 2.05) is 0 Å². The molecule has 5 heteroatoms. The van der Waals surface area contributed by atoms with Gasteiger partial charge in [-0.2, -0.15) is 0 Å². The summed E-state index contributed by atoms with van der Waals surface area (Å²) >= 11 is -1.80. The zero-order chi connectivity index (χ0) is 6.56. The summed E-state index contributed by atoms with van der Waals surface area (Å²) in [5.41, 5.74) is 0. The molecule has 3 aliphatic heterocycles. The summed E-state index contributed by atoms with van der Waals surface area (Å²) in [4.78, 5) is 0. The van der Waals surface area contributed by atoms with Gasteiger partial charge in [0.05, 0.1) is 0 Å². The zero-order valence-electron chi connectivity index (χ0n) is 5.53. The number of hydrogen-bond acceptors (Lipinski definition) is 3.